The molecule has 0 aromatic carbocycles. The first-order valence-corrected chi connectivity index (χ1v) is 10.6. The Morgan fingerprint density at radius 3 is 2.15 bits per heavy atom. The average molecular weight is 467 g/mol. The number of amides is 2. The zero-order chi connectivity index (χ0) is 24.3. The van der Waals surface area contributed by atoms with E-state index in [4.69, 9.17) is 5.11 Å². The van der Waals surface area contributed by atoms with Crippen LogP contribution in [0, 0.1) is 0 Å². The Balaban J connectivity index is 1.55. The largest absolute Gasteiger partial charge is 0.480 e. The normalized spacial score (nSPS) is 11.7. The van der Waals surface area contributed by atoms with E-state index in [1.54, 1.807) is 18.6 Å². The van der Waals surface area contributed by atoms with Crippen molar-refractivity contribution in [3.63, 3.8) is 0 Å². The highest BCUT2D eigenvalue weighted by Gasteiger charge is 2.16. The Morgan fingerprint density at radius 1 is 0.971 bits per heavy atom. The first-order chi connectivity index (χ1) is 16.4. The molecule has 0 radical (unpaired) electrons. The molecule has 0 aliphatic heterocycles. The summed E-state index contributed by atoms with van der Waals surface area (Å²) in [5.41, 5.74) is 2.47. The Kier molecular flexibility index (Phi) is 8.74. The predicted octanol–water partition coefficient (Wildman–Crippen LogP) is -0.0240. The van der Waals surface area contributed by atoms with Gasteiger partial charge in [-0.3, -0.25) is 29.3 Å². The van der Waals surface area contributed by atoms with E-state index in [-0.39, 0.29) is 13.1 Å². The van der Waals surface area contributed by atoms with Gasteiger partial charge in [-0.2, -0.15) is 0 Å². The summed E-state index contributed by atoms with van der Waals surface area (Å²) in [6.07, 6.45) is 5.15. The fraction of sp³-hybridized carbons (Fsp3) is 0.318. The molecular weight excluding hydrogens is 440 g/mol. The van der Waals surface area contributed by atoms with E-state index in [0.29, 0.717) is 25.3 Å². The molecule has 3 aromatic heterocycles. The zero-order valence-electron chi connectivity index (χ0n) is 18.7. The second kappa shape index (κ2) is 12.2. The van der Waals surface area contributed by atoms with Crippen molar-refractivity contribution in [2.75, 3.05) is 6.54 Å². The van der Waals surface area contributed by atoms with Crippen molar-refractivity contribution in [2.45, 2.75) is 39.1 Å². The van der Waals surface area contributed by atoms with E-state index in [0.717, 1.165) is 11.4 Å². The smallest absolute Gasteiger partial charge is 0.325 e. The molecule has 12 nitrogen and oxygen atoms in total. The van der Waals surface area contributed by atoms with Gasteiger partial charge in [-0.15, -0.1) is 5.10 Å². The first kappa shape index (κ1) is 24.5. The van der Waals surface area contributed by atoms with Crippen molar-refractivity contribution in [2.24, 2.45) is 0 Å². The summed E-state index contributed by atoms with van der Waals surface area (Å²) >= 11 is 0. The number of pyridine rings is 2. The number of nitrogens with one attached hydrogen (secondary N) is 2. The molecule has 0 saturated heterocycles. The lowest BCUT2D eigenvalue weighted by molar-refractivity contribution is -0.141. The molecule has 178 valence electrons. The third-order valence-electron chi connectivity index (χ3n) is 4.69. The fourth-order valence-corrected chi connectivity index (χ4v) is 3.06. The summed E-state index contributed by atoms with van der Waals surface area (Å²) in [6.45, 7) is 2.49. The number of aromatic nitrogens is 5. The minimum atomic E-state index is -1.16. The minimum absolute atomic E-state index is 0.130. The van der Waals surface area contributed by atoms with Crippen LogP contribution in [0.2, 0.25) is 0 Å². The number of carbonyl (C=O) groups excluding carboxylic acids is 2. The summed E-state index contributed by atoms with van der Waals surface area (Å²) in [6, 6.07) is 10.4. The molecule has 3 aromatic rings. The molecular formula is C22H26N8O4. The molecule has 2 amide bonds. The van der Waals surface area contributed by atoms with Crippen LogP contribution >= 0.6 is 0 Å². The fourth-order valence-electron chi connectivity index (χ4n) is 3.06. The van der Waals surface area contributed by atoms with Gasteiger partial charge in [0.05, 0.1) is 29.8 Å². The second-order valence-corrected chi connectivity index (χ2v) is 7.60. The van der Waals surface area contributed by atoms with Crippen molar-refractivity contribution in [1.82, 2.24) is 40.5 Å². The monoisotopic (exact) mass is 466 g/mol. The van der Waals surface area contributed by atoms with Crippen LogP contribution in [0.15, 0.2) is 55.0 Å². The molecule has 1 atom stereocenters. The molecule has 0 saturated carbocycles. The molecule has 0 aliphatic rings. The highest BCUT2D eigenvalue weighted by Crippen LogP contribution is 2.10. The Labute approximate surface area is 196 Å². The van der Waals surface area contributed by atoms with Gasteiger partial charge in [0.1, 0.15) is 12.6 Å². The van der Waals surface area contributed by atoms with Crippen LogP contribution in [0.5, 0.6) is 0 Å². The highest BCUT2D eigenvalue weighted by atomic mass is 16.4. The number of carboxylic acids is 1. The van der Waals surface area contributed by atoms with E-state index >= 15 is 0 Å². The summed E-state index contributed by atoms with van der Waals surface area (Å²) in [4.78, 5) is 45.5. The van der Waals surface area contributed by atoms with Crippen molar-refractivity contribution >= 4 is 17.8 Å². The lowest BCUT2D eigenvalue weighted by Gasteiger charge is -2.20. The maximum atomic E-state index is 12.1. The van der Waals surface area contributed by atoms with Gasteiger partial charge < -0.3 is 15.7 Å². The van der Waals surface area contributed by atoms with Gasteiger partial charge in [0.15, 0.2) is 0 Å². The van der Waals surface area contributed by atoms with E-state index < -0.39 is 23.8 Å². The third kappa shape index (κ3) is 8.06. The Morgan fingerprint density at radius 2 is 1.59 bits per heavy atom. The highest BCUT2D eigenvalue weighted by molar-refractivity contribution is 5.87. The number of rotatable bonds is 12. The number of carboxylic acid groups (broad SMARTS) is 1. The molecule has 0 fully saturated rings. The van der Waals surface area contributed by atoms with Crippen molar-refractivity contribution in [3.05, 3.63) is 72.1 Å². The maximum absolute atomic E-state index is 12.1. The summed E-state index contributed by atoms with van der Waals surface area (Å²) in [7, 11) is 0. The number of nitrogens with zero attached hydrogens (tertiary/aromatic N) is 6. The van der Waals surface area contributed by atoms with Crippen LogP contribution in [-0.4, -0.2) is 65.3 Å². The number of hydrogen-bond acceptors (Lipinski definition) is 8. The van der Waals surface area contributed by atoms with Crippen molar-refractivity contribution in [3.8, 4) is 0 Å². The molecule has 34 heavy (non-hydrogen) atoms. The standard InChI is InChI=1S/C22H26N8O4/c1-16(22(33)34)26-20(31)10-25-21(32)15-30-14-19(27-28-30)13-29(11-17-6-2-4-8-23-17)12-18-7-3-5-9-24-18/h2-9,14,16H,10-13,15H2,1H3,(H,25,32)(H,26,31)(H,33,34). The van der Waals surface area contributed by atoms with Crippen molar-refractivity contribution < 1.29 is 19.5 Å². The van der Waals surface area contributed by atoms with E-state index in [9.17, 15) is 14.4 Å². The molecule has 3 heterocycles. The van der Waals surface area contributed by atoms with Gasteiger partial charge in [-0.1, -0.05) is 17.3 Å². The number of carbonyl (C=O) groups is 3. The number of hydrogen-bond donors (Lipinski definition) is 3. The molecule has 3 N–H and O–H groups in total. The molecule has 0 bridgehead atoms. The SMILES string of the molecule is CC(NC(=O)CNC(=O)Cn1cc(CN(Cc2ccccn2)Cc2ccccn2)nn1)C(=O)O. The topological polar surface area (TPSA) is 155 Å². The maximum Gasteiger partial charge on any atom is 0.325 e. The van der Waals surface area contributed by atoms with Crippen LogP contribution in [0.25, 0.3) is 0 Å². The summed E-state index contributed by atoms with van der Waals surface area (Å²) in [5.74, 6) is -2.20. The molecule has 0 spiro atoms. The molecule has 3 rings (SSSR count). The quantitative estimate of drug-likeness (QED) is 0.334. The van der Waals surface area contributed by atoms with Gasteiger partial charge in [-0.25, -0.2) is 4.68 Å². The van der Waals surface area contributed by atoms with Gasteiger partial charge in [-0.05, 0) is 31.2 Å². The molecule has 0 aliphatic carbocycles. The summed E-state index contributed by atoms with van der Waals surface area (Å²) in [5, 5.41) is 21.6. The van der Waals surface area contributed by atoms with Gasteiger partial charge >= 0.3 is 5.97 Å². The average Bonchev–Trinajstić information content (AvgIpc) is 3.25. The Bertz CT molecular complexity index is 1050. The zero-order valence-corrected chi connectivity index (χ0v) is 18.7. The third-order valence-corrected chi connectivity index (χ3v) is 4.69. The van der Waals surface area contributed by atoms with E-state index in [1.807, 2.05) is 36.4 Å². The van der Waals surface area contributed by atoms with Gasteiger partial charge in [0.25, 0.3) is 0 Å². The van der Waals surface area contributed by atoms with E-state index in [2.05, 4.69) is 35.8 Å². The van der Waals surface area contributed by atoms with E-state index in [1.165, 1.54) is 11.6 Å². The minimum Gasteiger partial charge on any atom is -0.480 e. The first-order valence-electron chi connectivity index (χ1n) is 10.6. The molecule has 1 unspecified atom stereocenters. The second-order valence-electron chi connectivity index (χ2n) is 7.60. The number of aliphatic carboxylic acids is 1. The lowest BCUT2D eigenvalue weighted by atomic mass is 10.2. The molecule has 12 heteroatoms. The summed E-state index contributed by atoms with van der Waals surface area (Å²) < 4.78 is 1.38. The lowest BCUT2D eigenvalue weighted by Crippen LogP contribution is -2.44. The van der Waals surface area contributed by atoms with Crippen LogP contribution in [-0.2, 0) is 40.6 Å². The van der Waals surface area contributed by atoms with Gasteiger partial charge in [0, 0.05) is 32.0 Å². The van der Waals surface area contributed by atoms with Crippen LogP contribution in [0.3, 0.4) is 0 Å². The Hall–Kier alpha value is -4.19. The van der Waals surface area contributed by atoms with Gasteiger partial charge in [0.2, 0.25) is 11.8 Å². The van der Waals surface area contributed by atoms with Crippen molar-refractivity contribution in [1.29, 1.82) is 0 Å². The van der Waals surface area contributed by atoms with Crippen LogP contribution in [0.4, 0.5) is 0 Å². The van der Waals surface area contributed by atoms with Crippen LogP contribution in [0.1, 0.15) is 24.0 Å². The van der Waals surface area contributed by atoms with Crippen LogP contribution < -0.4 is 10.6 Å². The predicted molar refractivity (Wildman–Crippen MR) is 120 cm³/mol.